The van der Waals surface area contributed by atoms with Crippen molar-refractivity contribution in [1.82, 2.24) is 4.90 Å². The Morgan fingerprint density at radius 1 is 1.10 bits per heavy atom. The lowest BCUT2D eigenvalue weighted by Gasteiger charge is -2.51. The van der Waals surface area contributed by atoms with Gasteiger partial charge in [0.25, 0.3) is 0 Å². The summed E-state index contributed by atoms with van der Waals surface area (Å²) in [5.41, 5.74) is 8.39. The first-order valence-electron chi connectivity index (χ1n) is 8.60. The van der Waals surface area contributed by atoms with Crippen molar-refractivity contribution in [2.75, 3.05) is 13.1 Å². The average molecular weight is 286 g/mol. The molecule has 2 nitrogen and oxygen atoms in total. The van der Waals surface area contributed by atoms with Crippen LogP contribution in [0.1, 0.15) is 63.9 Å². The molecule has 1 aliphatic heterocycles. The van der Waals surface area contributed by atoms with Gasteiger partial charge in [0.05, 0.1) is 0 Å². The minimum absolute atomic E-state index is 0.255. The van der Waals surface area contributed by atoms with Crippen LogP contribution in [0.2, 0.25) is 0 Å². The zero-order chi connectivity index (χ0) is 14.9. The van der Waals surface area contributed by atoms with Crippen molar-refractivity contribution < 1.29 is 0 Å². The molecule has 0 unspecified atom stereocenters. The van der Waals surface area contributed by atoms with E-state index in [1.54, 1.807) is 0 Å². The Balaban J connectivity index is 1.73. The van der Waals surface area contributed by atoms with Gasteiger partial charge in [-0.1, -0.05) is 30.3 Å². The van der Waals surface area contributed by atoms with Crippen LogP contribution in [0.4, 0.5) is 0 Å². The molecule has 1 aliphatic carbocycles. The highest BCUT2D eigenvalue weighted by molar-refractivity contribution is 5.21. The maximum atomic E-state index is 6.28. The fraction of sp³-hybridized carbons (Fsp3) is 0.684. The normalized spacial score (nSPS) is 33.2. The Morgan fingerprint density at radius 3 is 2.29 bits per heavy atom. The first-order chi connectivity index (χ1) is 10.1. The molecule has 21 heavy (non-hydrogen) atoms. The summed E-state index contributed by atoms with van der Waals surface area (Å²) in [6.07, 6.45) is 7.73. The van der Waals surface area contributed by atoms with E-state index in [1.165, 1.54) is 50.6 Å². The fourth-order valence-electron chi connectivity index (χ4n) is 4.78. The molecule has 0 amide bonds. The lowest BCUT2D eigenvalue weighted by atomic mass is 9.72. The molecule has 1 aromatic carbocycles. The minimum Gasteiger partial charge on any atom is -0.329 e. The summed E-state index contributed by atoms with van der Waals surface area (Å²) in [4.78, 5) is 2.75. The molecule has 3 rings (SSSR count). The second-order valence-electron chi connectivity index (χ2n) is 7.68. The molecule has 0 radical (unpaired) electrons. The highest BCUT2D eigenvalue weighted by Gasteiger charge is 2.47. The SMILES string of the molecule is CC1(C)CCCN1C1(CN)CCC(c2ccccc2)CC1. The zero-order valence-electron chi connectivity index (χ0n) is 13.6. The van der Waals surface area contributed by atoms with Gasteiger partial charge in [-0.2, -0.15) is 0 Å². The Kier molecular flexibility index (Phi) is 4.11. The molecule has 2 aliphatic rings. The van der Waals surface area contributed by atoms with E-state index in [0.717, 1.165) is 12.5 Å². The Morgan fingerprint density at radius 2 is 1.76 bits per heavy atom. The van der Waals surface area contributed by atoms with Crippen molar-refractivity contribution >= 4 is 0 Å². The van der Waals surface area contributed by atoms with Crippen molar-refractivity contribution in [3.05, 3.63) is 35.9 Å². The summed E-state index contributed by atoms with van der Waals surface area (Å²) >= 11 is 0. The number of benzene rings is 1. The number of likely N-dealkylation sites (tertiary alicyclic amines) is 1. The molecule has 0 atom stereocenters. The molecule has 1 saturated heterocycles. The highest BCUT2D eigenvalue weighted by atomic mass is 15.3. The van der Waals surface area contributed by atoms with E-state index in [9.17, 15) is 0 Å². The van der Waals surface area contributed by atoms with Gasteiger partial charge in [0.2, 0.25) is 0 Å². The second kappa shape index (κ2) is 5.73. The maximum absolute atomic E-state index is 6.28. The number of hydrogen-bond acceptors (Lipinski definition) is 2. The molecule has 2 fully saturated rings. The second-order valence-corrected chi connectivity index (χ2v) is 7.68. The van der Waals surface area contributed by atoms with Gasteiger partial charge >= 0.3 is 0 Å². The van der Waals surface area contributed by atoms with E-state index < -0.39 is 0 Å². The van der Waals surface area contributed by atoms with Gasteiger partial charge in [-0.3, -0.25) is 4.90 Å². The van der Waals surface area contributed by atoms with Gasteiger partial charge in [0.15, 0.2) is 0 Å². The van der Waals surface area contributed by atoms with Crippen molar-refractivity contribution in [2.45, 2.75) is 69.4 Å². The van der Waals surface area contributed by atoms with E-state index in [4.69, 9.17) is 5.73 Å². The number of rotatable bonds is 3. The first-order valence-corrected chi connectivity index (χ1v) is 8.60. The Labute approximate surface area is 129 Å². The van der Waals surface area contributed by atoms with Gasteiger partial charge < -0.3 is 5.73 Å². The fourth-order valence-corrected chi connectivity index (χ4v) is 4.78. The summed E-state index contributed by atoms with van der Waals surface area (Å²) < 4.78 is 0. The molecule has 1 heterocycles. The lowest BCUT2D eigenvalue weighted by Crippen LogP contribution is -2.60. The van der Waals surface area contributed by atoms with Crippen molar-refractivity contribution in [3.8, 4) is 0 Å². The van der Waals surface area contributed by atoms with Gasteiger partial charge in [0.1, 0.15) is 0 Å². The Hall–Kier alpha value is -0.860. The van der Waals surface area contributed by atoms with Gasteiger partial charge in [-0.15, -0.1) is 0 Å². The lowest BCUT2D eigenvalue weighted by molar-refractivity contribution is 0.00423. The average Bonchev–Trinajstić information content (AvgIpc) is 2.88. The van der Waals surface area contributed by atoms with E-state index in [1.807, 2.05) is 0 Å². The third-order valence-electron chi connectivity index (χ3n) is 6.04. The van der Waals surface area contributed by atoms with Crippen molar-refractivity contribution in [3.63, 3.8) is 0 Å². The summed E-state index contributed by atoms with van der Waals surface area (Å²) in [6, 6.07) is 11.0. The molecule has 1 saturated carbocycles. The van der Waals surface area contributed by atoms with Crippen molar-refractivity contribution in [1.29, 1.82) is 0 Å². The summed E-state index contributed by atoms with van der Waals surface area (Å²) in [5, 5.41) is 0. The first kappa shape index (κ1) is 15.1. The summed E-state index contributed by atoms with van der Waals surface area (Å²) in [7, 11) is 0. The molecule has 0 bridgehead atoms. The molecule has 2 N–H and O–H groups in total. The molecule has 2 heteroatoms. The minimum atomic E-state index is 0.255. The van der Waals surface area contributed by atoms with Crippen LogP contribution in [0, 0.1) is 0 Å². The molecular formula is C19H30N2. The van der Waals surface area contributed by atoms with Crippen LogP contribution in [-0.4, -0.2) is 29.1 Å². The van der Waals surface area contributed by atoms with Gasteiger partial charge in [0, 0.05) is 17.6 Å². The van der Waals surface area contributed by atoms with Crippen LogP contribution in [0.5, 0.6) is 0 Å². The molecule has 1 aromatic rings. The largest absolute Gasteiger partial charge is 0.329 e. The van der Waals surface area contributed by atoms with Crippen LogP contribution in [0.25, 0.3) is 0 Å². The van der Waals surface area contributed by atoms with Crippen LogP contribution >= 0.6 is 0 Å². The molecule has 0 aromatic heterocycles. The quantitative estimate of drug-likeness (QED) is 0.912. The van der Waals surface area contributed by atoms with Crippen molar-refractivity contribution in [2.24, 2.45) is 5.73 Å². The van der Waals surface area contributed by atoms with E-state index >= 15 is 0 Å². The molecular weight excluding hydrogens is 256 g/mol. The monoisotopic (exact) mass is 286 g/mol. The summed E-state index contributed by atoms with van der Waals surface area (Å²) in [6.45, 7) is 6.86. The third-order valence-corrected chi connectivity index (χ3v) is 6.04. The van der Waals surface area contributed by atoms with E-state index in [2.05, 4.69) is 49.1 Å². The van der Waals surface area contributed by atoms with Crippen LogP contribution < -0.4 is 5.73 Å². The summed E-state index contributed by atoms with van der Waals surface area (Å²) in [5.74, 6) is 0.733. The molecule has 0 spiro atoms. The number of nitrogens with two attached hydrogens (primary N) is 1. The third kappa shape index (κ3) is 2.76. The van der Waals surface area contributed by atoms with Crippen LogP contribution in [0.3, 0.4) is 0 Å². The topological polar surface area (TPSA) is 29.3 Å². The van der Waals surface area contributed by atoms with E-state index in [0.29, 0.717) is 5.54 Å². The Bertz CT molecular complexity index is 458. The van der Waals surface area contributed by atoms with Gasteiger partial charge in [-0.05, 0) is 70.4 Å². The van der Waals surface area contributed by atoms with Crippen LogP contribution in [-0.2, 0) is 0 Å². The molecule has 116 valence electrons. The predicted molar refractivity (Wildman–Crippen MR) is 89.5 cm³/mol. The number of nitrogens with zero attached hydrogens (tertiary/aromatic N) is 1. The van der Waals surface area contributed by atoms with Crippen LogP contribution in [0.15, 0.2) is 30.3 Å². The number of hydrogen-bond donors (Lipinski definition) is 1. The smallest absolute Gasteiger partial charge is 0.0337 e. The predicted octanol–water partition coefficient (Wildman–Crippen LogP) is 3.92. The maximum Gasteiger partial charge on any atom is 0.0337 e. The zero-order valence-corrected chi connectivity index (χ0v) is 13.6. The highest BCUT2D eigenvalue weighted by Crippen LogP contribution is 2.45. The van der Waals surface area contributed by atoms with E-state index in [-0.39, 0.29) is 5.54 Å². The van der Waals surface area contributed by atoms with Gasteiger partial charge in [-0.25, -0.2) is 0 Å². The standard InChI is InChI=1S/C19H30N2/c1-18(2)11-6-14-21(18)19(15-20)12-9-17(10-13-19)16-7-4-3-5-8-16/h3-5,7-8,17H,6,9-15,20H2,1-2H3.